The summed E-state index contributed by atoms with van der Waals surface area (Å²) in [6.07, 6.45) is 0. The highest BCUT2D eigenvalue weighted by Crippen LogP contribution is 2.24. The number of ether oxygens (including phenoxy) is 1. The van der Waals surface area contributed by atoms with Crippen molar-refractivity contribution in [3.05, 3.63) is 29.8 Å². The molecule has 0 saturated heterocycles. The molecule has 1 rings (SSSR count). The van der Waals surface area contributed by atoms with E-state index in [9.17, 15) is 4.79 Å². The second kappa shape index (κ2) is 5.78. The highest BCUT2D eigenvalue weighted by atomic mass is 32.2. The van der Waals surface area contributed by atoms with Gasteiger partial charge in [-0.25, -0.2) is 0 Å². The molecule has 0 fully saturated rings. The topological polar surface area (TPSA) is 52.3 Å². The normalized spacial score (nSPS) is 12.2. The number of esters is 1. The molecular weight excluding hydrogens is 210 g/mol. The summed E-state index contributed by atoms with van der Waals surface area (Å²) >= 11 is 1.48. The number of hydrogen-bond donors (Lipinski definition) is 1. The van der Waals surface area contributed by atoms with E-state index < -0.39 is 0 Å². The van der Waals surface area contributed by atoms with Crippen LogP contribution in [0.2, 0.25) is 0 Å². The first-order valence-electron chi connectivity index (χ1n) is 4.71. The van der Waals surface area contributed by atoms with Crippen molar-refractivity contribution in [1.29, 1.82) is 0 Å². The molecule has 1 atom stereocenters. The van der Waals surface area contributed by atoms with Gasteiger partial charge in [0.05, 0.1) is 7.11 Å². The minimum atomic E-state index is -0.210. The van der Waals surface area contributed by atoms with Crippen LogP contribution in [0.4, 0.5) is 0 Å². The van der Waals surface area contributed by atoms with Crippen LogP contribution < -0.4 is 5.73 Å². The maximum absolute atomic E-state index is 11.2. The number of hydrogen-bond acceptors (Lipinski definition) is 4. The number of nitrogens with two attached hydrogens (primary N) is 1. The summed E-state index contributed by atoms with van der Waals surface area (Å²) in [6.45, 7) is 2.34. The van der Waals surface area contributed by atoms with E-state index in [0.29, 0.717) is 6.54 Å². The summed E-state index contributed by atoms with van der Waals surface area (Å²) < 4.78 is 4.66. The van der Waals surface area contributed by atoms with Gasteiger partial charge in [-0.2, -0.15) is 0 Å². The van der Waals surface area contributed by atoms with E-state index in [1.807, 2.05) is 31.2 Å². The van der Waals surface area contributed by atoms with Gasteiger partial charge in [0.25, 0.3) is 0 Å². The lowest BCUT2D eigenvalue weighted by atomic mass is 10.2. The molecule has 0 aliphatic heterocycles. The van der Waals surface area contributed by atoms with Crippen LogP contribution in [0.5, 0.6) is 0 Å². The Bertz CT molecular complexity index is 341. The first-order chi connectivity index (χ1) is 7.17. The van der Waals surface area contributed by atoms with Crippen molar-refractivity contribution in [3.63, 3.8) is 0 Å². The van der Waals surface area contributed by atoms with Crippen molar-refractivity contribution in [2.75, 3.05) is 7.11 Å². The van der Waals surface area contributed by atoms with Crippen molar-refractivity contribution >= 4 is 17.7 Å². The highest BCUT2D eigenvalue weighted by molar-refractivity contribution is 8.00. The number of thioether (sulfide) groups is 1. The summed E-state index contributed by atoms with van der Waals surface area (Å²) in [4.78, 5) is 12.2. The fourth-order valence-corrected chi connectivity index (χ4v) is 2.14. The highest BCUT2D eigenvalue weighted by Gasteiger charge is 2.14. The molecule has 3 nitrogen and oxygen atoms in total. The van der Waals surface area contributed by atoms with Crippen LogP contribution in [0.25, 0.3) is 0 Å². The molecule has 0 radical (unpaired) electrons. The Morgan fingerprint density at radius 2 is 2.33 bits per heavy atom. The molecule has 15 heavy (non-hydrogen) atoms. The van der Waals surface area contributed by atoms with Crippen molar-refractivity contribution < 1.29 is 9.53 Å². The molecule has 1 aromatic rings. The van der Waals surface area contributed by atoms with Crippen LogP contribution >= 0.6 is 11.8 Å². The molecule has 1 unspecified atom stereocenters. The maximum Gasteiger partial charge on any atom is 0.318 e. The van der Waals surface area contributed by atoms with Gasteiger partial charge < -0.3 is 10.5 Å². The van der Waals surface area contributed by atoms with Crippen molar-refractivity contribution in [3.8, 4) is 0 Å². The minimum Gasteiger partial charge on any atom is -0.468 e. The zero-order valence-corrected chi connectivity index (χ0v) is 9.71. The Morgan fingerprint density at radius 1 is 1.60 bits per heavy atom. The van der Waals surface area contributed by atoms with Gasteiger partial charge in [0.1, 0.15) is 5.25 Å². The summed E-state index contributed by atoms with van der Waals surface area (Å²) in [7, 11) is 1.40. The van der Waals surface area contributed by atoms with Crippen molar-refractivity contribution in [1.82, 2.24) is 0 Å². The fourth-order valence-electron chi connectivity index (χ4n) is 1.16. The average molecular weight is 225 g/mol. The Hall–Kier alpha value is -1.00. The quantitative estimate of drug-likeness (QED) is 0.627. The van der Waals surface area contributed by atoms with Gasteiger partial charge >= 0.3 is 5.97 Å². The van der Waals surface area contributed by atoms with Gasteiger partial charge in [-0.1, -0.05) is 12.1 Å². The van der Waals surface area contributed by atoms with E-state index in [2.05, 4.69) is 4.74 Å². The molecule has 0 saturated carbocycles. The predicted molar refractivity (Wildman–Crippen MR) is 61.7 cm³/mol. The third-order valence-corrected chi connectivity index (χ3v) is 3.05. The first-order valence-corrected chi connectivity index (χ1v) is 5.59. The van der Waals surface area contributed by atoms with E-state index in [-0.39, 0.29) is 11.2 Å². The summed E-state index contributed by atoms with van der Waals surface area (Å²) in [5, 5.41) is -0.192. The smallest absolute Gasteiger partial charge is 0.318 e. The lowest BCUT2D eigenvalue weighted by Crippen LogP contribution is -2.14. The molecule has 0 aliphatic rings. The summed E-state index contributed by atoms with van der Waals surface area (Å²) in [6, 6.07) is 7.86. The van der Waals surface area contributed by atoms with Gasteiger partial charge in [0, 0.05) is 11.4 Å². The number of carbonyl (C=O) groups is 1. The fraction of sp³-hybridized carbons (Fsp3) is 0.364. The second-order valence-corrected chi connectivity index (χ2v) is 4.55. The molecule has 0 heterocycles. The van der Waals surface area contributed by atoms with Crippen LogP contribution in [-0.4, -0.2) is 18.3 Å². The third-order valence-electron chi connectivity index (χ3n) is 1.98. The molecule has 0 spiro atoms. The van der Waals surface area contributed by atoms with Gasteiger partial charge in [-0.15, -0.1) is 11.8 Å². The van der Waals surface area contributed by atoms with Crippen molar-refractivity contribution in [2.24, 2.45) is 5.73 Å². The maximum atomic E-state index is 11.2. The molecule has 0 aliphatic carbocycles. The van der Waals surface area contributed by atoms with Gasteiger partial charge in [0.15, 0.2) is 0 Å². The monoisotopic (exact) mass is 225 g/mol. The SMILES string of the molecule is COC(=O)C(C)Sc1cccc(CN)c1. The van der Waals surface area contributed by atoms with E-state index in [1.165, 1.54) is 18.9 Å². The van der Waals surface area contributed by atoms with Gasteiger partial charge in [-0.05, 0) is 24.6 Å². The largest absolute Gasteiger partial charge is 0.468 e. The molecule has 0 bridgehead atoms. The van der Waals surface area contributed by atoms with E-state index in [4.69, 9.17) is 5.73 Å². The van der Waals surface area contributed by atoms with E-state index in [0.717, 1.165) is 10.5 Å². The molecule has 82 valence electrons. The molecular formula is C11H15NO2S. The average Bonchev–Trinajstić information content (AvgIpc) is 2.28. The minimum absolute atomic E-state index is 0.192. The first kappa shape index (κ1) is 12.1. The van der Waals surface area contributed by atoms with Crippen LogP contribution in [0.15, 0.2) is 29.2 Å². The zero-order chi connectivity index (χ0) is 11.3. The van der Waals surface area contributed by atoms with E-state index in [1.54, 1.807) is 0 Å². The van der Waals surface area contributed by atoms with Crippen molar-refractivity contribution in [2.45, 2.75) is 23.6 Å². The zero-order valence-electron chi connectivity index (χ0n) is 8.90. The van der Waals surface area contributed by atoms with Crippen LogP contribution in [0, 0.1) is 0 Å². The number of carbonyl (C=O) groups excluding carboxylic acids is 1. The molecule has 4 heteroatoms. The standard InChI is InChI=1S/C11H15NO2S/c1-8(11(13)14-2)15-10-5-3-4-9(6-10)7-12/h3-6,8H,7,12H2,1-2H3. The third kappa shape index (κ3) is 3.57. The lowest BCUT2D eigenvalue weighted by Gasteiger charge is -2.09. The number of benzene rings is 1. The van der Waals surface area contributed by atoms with E-state index >= 15 is 0 Å². The molecule has 0 aromatic heterocycles. The van der Waals surface area contributed by atoms with Crippen LogP contribution in [0.3, 0.4) is 0 Å². The molecule has 0 amide bonds. The Balaban J connectivity index is 2.67. The molecule has 2 N–H and O–H groups in total. The second-order valence-electron chi connectivity index (χ2n) is 3.13. The lowest BCUT2D eigenvalue weighted by molar-refractivity contribution is -0.139. The Labute approximate surface area is 94.0 Å². The van der Waals surface area contributed by atoms with Gasteiger partial charge in [0.2, 0.25) is 0 Å². The Kier molecular flexibility index (Phi) is 4.65. The van der Waals surface area contributed by atoms with Crippen LogP contribution in [0.1, 0.15) is 12.5 Å². The Morgan fingerprint density at radius 3 is 2.93 bits per heavy atom. The number of rotatable bonds is 4. The predicted octanol–water partition coefficient (Wildman–Crippen LogP) is 1.80. The van der Waals surface area contributed by atoms with Crippen LogP contribution in [-0.2, 0) is 16.1 Å². The molecule has 1 aromatic carbocycles. The summed E-state index contributed by atoms with van der Waals surface area (Å²) in [5.74, 6) is -0.210. The summed E-state index contributed by atoms with van der Waals surface area (Å²) in [5.41, 5.74) is 6.60. The number of methoxy groups -OCH3 is 1. The van der Waals surface area contributed by atoms with Gasteiger partial charge in [-0.3, -0.25) is 4.79 Å².